The van der Waals surface area contributed by atoms with Gasteiger partial charge in [0, 0.05) is 16.9 Å². The zero-order valence-corrected chi connectivity index (χ0v) is 16.7. The van der Waals surface area contributed by atoms with Crippen LogP contribution >= 0.6 is 0 Å². The SMILES string of the molecule is CC(O)(c1cc(OC(=O)c2cc(N)cc(N)c2)cc(C(O)(C(F)(F)F)C(F)(F)F)c1)C(F)(F)F. The van der Waals surface area contributed by atoms with E-state index in [4.69, 9.17) is 11.5 Å². The summed E-state index contributed by atoms with van der Waals surface area (Å²) in [6.07, 6.45) is -18.5. The first-order valence-corrected chi connectivity index (χ1v) is 8.80. The molecule has 1 unspecified atom stereocenters. The van der Waals surface area contributed by atoms with Crippen LogP contribution < -0.4 is 16.2 Å². The van der Waals surface area contributed by atoms with Crippen LogP contribution in [-0.2, 0) is 11.2 Å². The first kappa shape index (κ1) is 27.0. The number of aliphatic hydroxyl groups is 2. The van der Waals surface area contributed by atoms with Crippen LogP contribution in [0.5, 0.6) is 5.75 Å². The van der Waals surface area contributed by atoms with E-state index in [0.717, 1.165) is 12.1 Å². The molecule has 2 rings (SSSR count). The summed E-state index contributed by atoms with van der Waals surface area (Å²) in [6, 6.07) is 2.81. The lowest BCUT2D eigenvalue weighted by Crippen LogP contribution is -2.54. The van der Waals surface area contributed by atoms with Gasteiger partial charge in [0.25, 0.3) is 5.60 Å². The van der Waals surface area contributed by atoms with Gasteiger partial charge in [-0.25, -0.2) is 4.79 Å². The molecule has 0 aliphatic carbocycles. The molecule has 0 aliphatic heterocycles. The molecule has 6 N–H and O–H groups in total. The Balaban J connectivity index is 2.77. The van der Waals surface area contributed by atoms with Crippen LogP contribution in [0.15, 0.2) is 36.4 Å². The molecule has 6 nitrogen and oxygen atoms in total. The average molecular weight is 506 g/mol. The topological polar surface area (TPSA) is 119 Å². The molecular weight excluding hydrogens is 491 g/mol. The minimum Gasteiger partial charge on any atom is -0.423 e. The Morgan fingerprint density at radius 1 is 0.735 bits per heavy atom. The smallest absolute Gasteiger partial charge is 0.423 e. The van der Waals surface area contributed by atoms with E-state index in [2.05, 4.69) is 4.74 Å². The van der Waals surface area contributed by atoms with Gasteiger partial charge >= 0.3 is 24.5 Å². The molecule has 0 aliphatic rings. The Kier molecular flexibility index (Phi) is 6.55. The van der Waals surface area contributed by atoms with Crippen LogP contribution in [-0.4, -0.2) is 34.7 Å². The summed E-state index contributed by atoms with van der Waals surface area (Å²) >= 11 is 0. The molecule has 0 saturated heterocycles. The Labute approximate surface area is 184 Å². The molecule has 34 heavy (non-hydrogen) atoms. The second-order valence-electron chi connectivity index (χ2n) is 7.30. The average Bonchev–Trinajstić information content (AvgIpc) is 2.63. The number of esters is 1. The maximum atomic E-state index is 13.3. The van der Waals surface area contributed by atoms with Crippen LogP contribution in [0.2, 0.25) is 0 Å². The number of carbonyl (C=O) groups is 1. The van der Waals surface area contributed by atoms with Crippen molar-refractivity contribution in [2.24, 2.45) is 0 Å². The summed E-state index contributed by atoms with van der Waals surface area (Å²) in [5.74, 6) is -2.76. The molecule has 0 amide bonds. The van der Waals surface area contributed by atoms with Gasteiger partial charge in [0.05, 0.1) is 5.56 Å². The van der Waals surface area contributed by atoms with Gasteiger partial charge in [0.1, 0.15) is 5.75 Å². The molecule has 15 heteroatoms. The Morgan fingerprint density at radius 3 is 1.59 bits per heavy atom. The van der Waals surface area contributed by atoms with Crippen LogP contribution in [0.1, 0.15) is 28.4 Å². The summed E-state index contributed by atoms with van der Waals surface area (Å²) in [7, 11) is 0. The number of nitrogen functional groups attached to an aromatic ring is 2. The number of nitrogens with two attached hydrogens (primary N) is 2. The molecule has 2 aromatic carbocycles. The van der Waals surface area contributed by atoms with Crippen LogP contribution in [0.4, 0.5) is 50.9 Å². The number of halogens is 9. The zero-order chi connectivity index (χ0) is 26.5. The van der Waals surface area contributed by atoms with Crippen LogP contribution in [0.25, 0.3) is 0 Å². The van der Waals surface area contributed by atoms with E-state index < -0.39 is 58.1 Å². The fourth-order valence-electron chi connectivity index (χ4n) is 2.76. The lowest BCUT2D eigenvalue weighted by molar-refractivity contribution is -0.376. The summed E-state index contributed by atoms with van der Waals surface area (Å²) in [4.78, 5) is 12.3. The Hall–Kier alpha value is -3.20. The fourth-order valence-corrected chi connectivity index (χ4v) is 2.76. The number of rotatable bonds is 4. The minimum atomic E-state index is -6.47. The lowest BCUT2D eigenvalue weighted by Gasteiger charge is -2.34. The highest BCUT2D eigenvalue weighted by atomic mass is 19.4. The lowest BCUT2D eigenvalue weighted by atomic mass is 9.86. The Morgan fingerprint density at radius 2 is 1.18 bits per heavy atom. The number of ether oxygens (including phenoxy) is 1. The zero-order valence-electron chi connectivity index (χ0n) is 16.7. The van der Waals surface area contributed by atoms with Gasteiger partial charge in [0.2, 0.25) is 0 Å². The van der Waals surface area contributed by atoms with E-state index in [-0.39, 0.29) is 36.5 Å². The van der Waals surface area contributed by atoms with Gasteiger partial charge in [-0.15, -0.1) is 0 Å². The van der Waals surface area contributed by atoms with Crippen molar-refractivity contribution >= 4 is 17.3 Å². The van der Waals surface area contributed by atoms with E-state index in [9.17, 15) is 54.5 Å². The highest BCUT2D eigenvalue weighted by Gasteiger charge is 2.71. The normalized spacial score (nSPS) is 15.1. The Bertz CT molecular complexity index is 1060. The summed E-state index contributed by atoms with van der Waals surface area (Å²) in [6.45, 7) is 0.0382. The molecule has 0 heterocycles. The van der Waals surface area contributed by atoms with E-state index in [1.807, 2.05) is 0 Å². The highest BCUT2D eigenvalue weighted by Crippen LogP contribution is 2.52. The number of hydrogen-bond donors (Lipinski definition) is 4. The largest absolute Gasteiger partial charge is 0.430 e. The van der Waals surface area contributed by atoms with Gasteiger partial charge < -0.3 is 26.4 Å². The second-order valence-corrected chi connectivity index (χ2v) is 7.30. The number of hydrogen-bond acceptors (Lipinski definition) is 6. The quantitative estimate of drug-likeness (QED) is 0.214. The standard InChI is InChI=1S/C19H15F9N2O4/c1-15(32,17(20,21)22)9-4-10(16(33,18(23,24)25)19(26,27)28)6-13(5-9)34-14(31)8-2-11(29)7-12(30)3-8/h2-7,32-33H,29-30H2,1H3. The number of anilines is 2. The third kappa shape index (κ3) is 4.84. The fraction of sp³-hybridized carbons (Fsp3) is 0.316. The van der Waals surface area contributed by atoms with Crippen molar-refractivity contribution in [3.05, 3.63) is 53.1 Å². The molecule has 2 aromatic rings. The third-order valence-corrected chi connectivity index (χ3v) is 4.68. The molecule has 0 radical (unpaired) electrons. The summed E-state index contributed by atoms with van der Waals surface area (Å²) in [5.41, 5.74) is -3.16. The van der Waals surface area contributed by atoms with Crippen LogP contribution in [0, 0.1) is 0 Å². The first-order valence-electron chi connectivity index (χ1n) is 8.80. The van der Waals surface area contributed by atoms with E-state index in [0.29, 0.717) is 0 Å². The van der Waals surface area contributed by atoms with Crippen molar-refractivity contribution in [2.45, 2.75) is 36.7 Å². The molecule has 0 spiro atoms. The molecule has 0 saturated carbocycles. The monoisotopic (exact) mass is 506 g/mol. The molecule has 0 bridgehead atoms. The number of carbonyl (C=O) groups excluding carboxylic acids is 1. The van der Waals surface area contributed by atoms with Crippen molar-refractivity contribution in [2.75, 3.05) is 11.5 Å². The summed E-state index contributed by atoms with van der Waals surface area (Å²) in [5, 5.41) is 19.4. The van der Waals surface area contributed by atoms with E-state index in [1.54, 1.807) is 0 Å². The van der Waals surface area contributed by atoms with Gasteiger partial charge in [-0.05, 0) is 48.9 Å². The van der Waals surface area contributed by atoms with Crippen molar-refractivity contribution in [1.29, 1.82) is 0 Å². The van der Waals surface area contributed by atoms with Crippen molar-refractivity contribution in [3.8, 4) is 5.75 Å². The van der Waals surface area contributed by atoms with E-state index in [1.165, 1.54) is 6.07 Å². The second kappa shape index (κ2) is 8.23. The number of benzene rings is 2. The number of alkyl halides is 9. The van der Waals surface area contributed by atoms with Crippen molar-refractivity contribution in [3.63, 3.8) is 0 Å². The van der Waals surface area contributed by atoms with Crippen molar-refractivity contribution < 1.29 is 59.3 Å². The van der Waals surface area contributed by atoms with Gasteiger partial charge in [0.15, 0.2) is 5.60 Å². The van der Waals surface area contributed by atoms with Gasteiger partial charge in [-0.2, -0.15) is 39.5 Å². The molecule has 188 valence electrons. The van der Waals surface area contributed by atoms with Crippen LogP contribution in [0.3, 0.4) is 0 Å². The summed E-state index contributed by atoms with van der Waals surface area (Å²) < 4.78 is 124. The van der Waals surface area contributed by atoms with Gasteiger partial charge in [-0.1, -0.05) is 0 Å². The molecule has 0 fully saturated rings. The predicted octanol–water partition coefficient (Wildman–Crippen LogP) is 4.15. The molecular formula is C19H15F9N2O4. The molecule has 0 aromatic heterocycles. The maximum Gasteiger partial charge on any atom is 0.430 e. The van der Waals surface area contributed by atoms with Crippen molar-refractivity contribution in [1.82, 2.24) is 0 Å². The first-order chi connectivity index (χ1) is 15.1. The molecule has 1 atom stereocenters. The highest BCUT2D eigenvalue weighted by molar-refractivity contribution is 5.93. The maximum absolute atomic E-state index is 13.3. The minimum absolute atomic E-state index is 0.0382. The predicted molar refractivity (Wildman–Crippen MR) is 98.3 cm³/mol. The van der Waals surface area contributed by atoms with Gasteiger partial charge in [-0.3, -0.25) is 0 Å². The third-order valence-electron chi connectivity index (χ3n) is 4.68. The van der Waals surface area contributed by atoms with E-state index >= 15 is 0 Å².